The number of nitrogens with one attached hydrogen (secondary N) is 1. The van der Waals surface area contributed by atoms with Crippen LogP contribution in [0.3, 0.4) is 0 Å². The molecule has 2 aliphatic rings. The number of Topliss-reactive ketones (excluding diaryl/α,β-unsaturated/α-hetero) is 2. The summed E-state index contributed by atoms with van der Waals surface area (Å²) in [7, 11) is -1.85. The van der Waals surface area contributed by atoms with Gasteiger partial charge in [0.1, 0.15) is 6.10 Å². The fourth-order valence-corrected chi connectivity index (χ4v) is 5.56. The number of carbonyl (C=O) groups excluding carboxylic acids is 2. The first kappa shape index (κ1) is 24.8. The van der Waals surface area contributed by atoms with Crippen molar-refractivity contribution >= 4 is 31.6 Å². The largest absolute Gasteiger partial charge is 0.410 e. The van der Waals surface area contributed by atoms with Crippen LogP contribution in [0.1, 0.15) is 59.3 Å². The normalized spacial score (nSPS) is 23.3. The molecule has 1 heterocycles. The van der Waals surface area contributed by atoms with Gasteiger partial charge in [0.25, 0.3) is 0 Å². The quantitative estimate of drug-likeness (QED) is 0.377. The summed E-state index contributed by atoms with van der Waals surface area (Å²) in [6.45, 7) is 13.3. The van der Waals surface area contributed by atoms with Crippen molar-refractivity contribution in [1.29, 1.82) is 0 Å². The minimum atomic E-state index is -1.85. The Balaban J connectivity index is 1.60. The minimum Gasteiger partial charge on any atom is -0.410 e. The number of hydrogen-bond acceptors (Lipinski definition) is 6. The molecule has 0 aromatic rings. The van der Waals surface area contributed by atoms with Gasteiger partial charge in [0, 0.05) is 30.8 Å². The summed E-state index contributed by atoms with van der Waals surface area (Å²) in [4.78, 5) is 25.2. The number of hydrogen-bond donors (Lipinski definition) is 1. The van der Waals surface area contributed by atoms with E-state index in [1.54, 1.807) is 11.8 Å². The minimum absolute atomic E-state index is 0.0478. The van der Waals surface area contributed by atoms with Crippen molar-refractivity contribution in [2.75, 3.05) is 25.4 Å². The summed E-state index contributed by atoms with van der Waals surface area (Å²) >= 11 is 1.67. The molecule has 1 fully saturated rings. The van der Waals surface area contributed by atoms with Crippen LogP contribution in [-0.2, 0) is 18.8 Å². The van der Waals surface area contributed by atoms with Gasteiger partial charge in [0.05, 0.1) is 12.7 Å². The van der Waals surface area contributed by atoms with Crippen LogP contribution < -0.4 is 5.32 Å². The third-order valence-electron chi connectivity index (χ3n) is 6.11. The average molecular weight is 442 g/mol. The molecule has 29 heavy (non-hydrogen) atoms. The van der Waals surface area contributed by atoms with Gasteiger partial charge in [-0.05, 0) is 42.8 Å². The van der Waals surface area contributed by atoms with E-state index in [0.717, 1.165) is 42.9 Å². The van der Waals surface area contributed by atoms with E-state index in [9.17, 15) is 9.59 Å². The van der Waals surface area contributed by atoms with Gasteiger partial charge in [0.2, 0.25) is 0 Å². The van der Waals surface area contributed by atoms with E-state index in [1.807, 2.05) is 6.08 Å². The molecule has 0 aromatic carbocycles. The zero-order valence-electron chi connectivity index (χ0n) is 18.8. The highest BCUT2D eigenvalue weighted by atomic mass is 32.2. The van der Waals surface area contributed by atoms with Crippen molar-refractivity contribution in [2.24, 2.45) is 0 Å². The van der Waals surface area contributed by atoms with Crippen LogP contribution in [-0.4, -0.2) is 57.5 Å². The first-order valence-electron chi connectivity index (χ1n) is 11.0. The van der Waals surface area contributed by atoms with Crippen LogP contribution in [0, 0.1) is 0 Å². The first-order chi connectivity index (χ1) is 13.6. The fraction of sp³-hybridized carbons (Fsp3) is 0.818. The van der Waals surface area contributed by atoms with Crippen LogP contribution >= 0.6 is 11.8 Å². The van der Waals surface area contributed by atoms with Crippen LogP contribution in [0.15, 0.2) is 11.0 Å². The smallest absolute Gasteiger partial charge is 0.192 e. The second-order valence-corrected chi connectivity index (χ2v) is 15.5. The van der Waals surface area contributed by atoms with Crippen molar-refractivity contribution in [3.05, 3.63) is 11.0 Å². The maximum absolute atomic E-state index is 12.3. The number of ketones is 2. The van der Waals surface area contributed by atoms with Crippen LogP contribution in [0.2, 0.25) is 18.1 Å². The Bertz CT molecular complexity index is 594. The monoisotopic (exact) mass is 441 g/mol. The summed E-state index contributed by atoms with van der Waals surface area (Å²) in [5.41, 5.74) is 0. The molecule has 0 bridgehead atoms. The topological polar surface area (TPSA) is 64.6 Å². The molecule has 0 radical (unpaired) electrons. The average Bonchev–Trinajstić information content (AvgIpc) is 2.99. The van der Waals surface area contributed by atoms with Gasteiger partial charge >= 0.3 is 0 Å². The summed E-state index contributed by atoms with van der Waals surface area (Å²) < 4.78 is 11.9. The summed E-state index contributed by atoms with van der Waals surface area (Å²) in [5.74, 6) is 1.40. The zero-order valence-corrected chi connectivity index (χ0v) is 20.7. The van der Waals surface area contributed by atoms with E-state index in [1.165, 1.54) is 0 Å². The Morgan fingerprint density at radius 3 is 2.66 bits per heavy atom. The molecule has 0 amide bonds. The van der Waals surface area contributed by atoms with Gasteiger partial charge < -0.3 is 14.5 Å². The standard InChI is InChI=1S/C22H39NO4SSi/c1-22(2,3)29(4,5)27-17-14-19(25)21(15-17)28-13-9-7-6-8-10-18(24)20-16-23-11-12-26-20/h15,17,20,23H,6-14,16H2,1-5H3. The predicted molar refractivity (Wildman–Crippen MR) is 123 cm³/mol. The summed E-state index contributed by atoms with van der Waals surface area (Å²) in [5, 5.41) is 3.35. The molecule has 7 heteroatoms. The molecule has 2 atom stereocenters. The lowest BCUT2D eigenvalue weighted by molar-refractivity contribution is -0.132. The Labute approximate surface area is 181 Å². The van der Waals surface area contributed by atoms with Crippen LogP contribution in [0.25, 0.3) is 0 Å². The lowest BCUT2D eigenvalue weighted by Crippen LogP contribution is -2.43. The third kappa shape index (κ3) is 7.94. The number of rotatable bonds is 11. The SMILES string of the molecule is CC(C)(C)[Si](C)(C)OC1C=C(SCCCCCCC(=O)C2CNCCO2)C(=O)C1. The Hall–Kier alpha value is -0.473. The highest BCUT2D eigenvalue weighted by Gasteiger charge is 2.40. The Kier molecular flexibility index (Phi) is 9.60. The summed E-state index contributed by atoms with van der Waals surface area (Å²) in [6, 6.07) is 0. The zero-order chi connectivity index (χ0) is 21.5. The van der Waals surface area contributed by atoms with Gasteiger partial charge in [-0.15, -0.1) is 11.8 Å². The van der Waals surface area contributed by atoms with Crippen molar-refractivity contribution in [3.63, 3.8) is 0 Å². The molecular weight excluding hydrogens is 402 g/mol. The molecule has 0 aromatic heterocycles. The lowest BCUT2D eigenvalue weighted by Gasteiger charge is -2.37. The van der Waals surface area contributed by atoms with Gasteiger partial charge in [-0.3, -0.25) is 9.59 Å². The molecule has 1 N–H and O–H groups in total. The highest BCUT2D eigenvalue weighted by molar-refractivity contribution is 8.04. The molecular formula is C22H39NO4SSi. The molecule has 5 nitrogen and oxygen atoms in total. The van der Waals surface area contributed by atoms with E-state index in [0.29, 0.717) is 26.0 Å². The molecule has 1 saturated heterocycles. The maximum atomic E-state index is 12.3. The molecule has 1 aliphatic heterocycles. The molecule has 0 spiro atoms. The van der Waals surface area contributed by atoms with E-state index in [4.69, 9.17) is 9.16 Å². The van der Waals surface area contributed by atoms with Gasteiger partial charge in [0.15, 0.2) is 19.9 Å². The molecule has 1 aliphatic carbocycles. The second kappa shape index (κ2) is 11.2. The second-order valence-electron chi connectivity index (χ2n) is 9.62. The predicted octanol–water partition coefficient (Wildman–Crippen LogP) is 4.47. The van der Waals surface area contributed by atoms with Crippen molar-refractivity contribution in [2.45, 2.75) is 89.6 Å². The number of allylic oxidation sites excluding steroid dienone is 1. The van der Waals surface area contributed by atoms with Crippen LogP contribution in [0.4, 0.5) is 0 Å². The molecule has 2 unspecified atom stereocenters. The van der Waals surface area contributed by atoms with E-state index in [-0.39, 0.29) is 28.8 Å². The highest BCUT2D eigenvalue weighted by Crippen LogP contribution is 2.39. The van der Waals surface area contributed by atoms with E-state index < -0.39 is 8.32 Å². The van der Waals surface area contributed by atoms with Crippen LogP contribution in [0.5, 0.6) is 0 Å². The molecule has 2 rings (SSSR count). The number of carbonyl (C=O) groups is 2. The molecule has 0 saturated carbocycles. The van der Waals surface area contributed by atoms with Crippen molar-refractivity contribution in [1.82, 2.24) is 5.32 Å². The molecule has 166 valence electrons. The van der Waals surface area contributed by atoms with E-state index >= 15 is 0 Å². The fourth-order valence-electron chi connectivity index (χ4n) is 3.23. The first-order valence-corrected chi connectivity index (χ1v) is 14.9. The van der Waals surface area contributed by atoms with Gasteiger partial charge in [-0.2, -0.15) is 0 Å². The number of thioether (sulfide) groups is 1. The lowest BCUT2D eigenvalue weighted by atomic mass is 10.1. The van der Waals surface area contributed by atoms with Crippen molar-refractivity contribution < 1.29 is 18.8 Å². The van der Waals surface area contributed by atoms with Gasteiger partial charge in [-0.25, -0.2) is 0 Å². The number of morpholine rings is 1. The Morgan fingerprint density at radius 1 is 1.28 bits per heavy atom. The number of unbranched alkanes of at least 4 members (excludes halogenated alkanes) is 3. The van der Waals surface area contributed by atoms with Crippen molar-refractivity contribution in [3.8, 4) is 0 Å². The van der Waals surface area contributed by atoms with E-state index in [2.05, 4.69) is 39.2 Å². The van der Waals surface area contributed by atoms with Gasteiger partial charge in [-0.1, -0.05) is 33.6 Å². The summed E-state index contributed by atoms with van der Waals surface area (Å²) in [6.07, 6.45) is 6.99. The maximum Gasteiger partial charge on any atom is 0.192 e. The number of ether oxygens (including phenoxy) is 1. The third-order valence-corrected chi connectivity index (χ3v) is 11.8. The Morgan fingerprint density at radius 2 is 2.00 bits per heavy atom.